The number of carbonyl (C=O) groups is 1. The topological polar surface area (TPSA) is 60.4 Å². The summed E-state index contributed by atoms with van der Waals surface area (Å²) in [4.78, 5) is 10.1. The summed E-state index contributed by atoms with van der Waals surface area (Å²) < 4.78 is 0. The third kappa shape index (κ3) is 3.69. The molecule has 0 amide bonds. The molecule has 58 valence electrons. The summed E-state index contributed by atoms with van der Waals surface area (Å²) in [6, 6.07) is 6.29. The molecule has 0 unspecified atom stereocenters. The summed E-state index contributed by atoms with van der Waals surface area (Å²) in [6.45, 7) is 0. The van der Waals surface area contributed by atoms with Gasteiger partial charge in [0.25, 0.3) is 0 Å². The normalized spacial score (nSPS) is 8.67. The third-order valence-corrected chi connectivity index (χ3v) is 1.33. The van der Waals surface area contributed by atoms with Crippen molar-refractivity contribution in [1.82, 2.24) is 0 Å². The Bertz CT molecular complexity index is 273. The molecule has 1 aromatic rings. The van der Waals surface area contributed by atoms with Gasteiger partial charge in [0, 0.05) is 12.4 Å². The molecular formula is C8H7KO3. The van der Waals surface area contributed by atoms with Gasteiger partial charge in [-0.15, -0.1) is 0 Å². The second-order valence-electron chi connectivity index (χ2n) is 2.18. The Morgan fingerprint density at radius 2 is 2.00 bits per heavy atom. The van der Waals surface area contributed by atoms with Crippen LogP contribution in [0.4, 0.5) is 0 Å². The number of para-hydroxylation sites is 1. The molecule has 0 spiro atoms. The van der Waals surface area contributed by atoms with E-state index in [1.54, 1.807) is 18.2 Å². The van der Waals surface area contributed by atoms with Crippen LogP contribution in [-0.4, -0.2) is 11.1 Å². The SMILES string of the molecule is O=C([O-])Cc1ccccc1O.[K+]. The van der Waals surface area contributed by atoms with E-state index in [4.69, 9.17) is 5.11 Å². The predicted molar refractivity (Wildman–Crippen MR) is 36.8 cm³/mol. The van der Waals surface area contributed by atoms with Gasteiger partial charge in [0.2, 0.25) is 0 Å². The Kier molecular flexibility index (Phi) is 5.78. The van der Waals surface area contributed by atoms with Crippen molar-refractivity contribution in [2.24, 2.45) is 0 Å². The fourth-order valence-corrected chi connectivity index (χ4v) is 0.816. The summed E-state index contributed by atoms with van der Waals surface area (Å²) in [5.74, 6) is -1.19. The molecule has 0 aromatic heterocycles. The Balaban J connectivity index is 0.00000121. The van der Waals surface area contributed by atoms with Crippen molar-refractivity contribution in [3.05, 3.63) is 29.8 Å². The van der Waals surface area contributed by atoms with E-state index < -0.39 is 5.97 Å². The van der Waals surface area contributed by atoms with E-state index in [1.165, 1.54) is 6.07 Å². The smallest absolute Gasteiger partial charge is 0.550 e. The molecule has 0 saturated heterocycles. The molecule has 0 heterocycles. The van der Waals surface area contributed by atoms with Crippen LogP contribution in [0.2, 0.25) is 0 Å². The minimum absolute atomic E-state index is 0. The Morgan fingerprint density at radius 1 is 1.42 bits per heavy atom. The summed E-state index contributed by atoms with van der Waals surface area (Å²) in [5, 5.41) is 19.2. The van der Waals surface area contributed by atoms with Gasteiger partial charge < -0.3 is 15.0 Å². The molecule has 1 rings (SSSR count). The Morgan fingerprint density at radius 3 is 2.50 bits per heavy atom. The van der Waals surface area contributed by atoms with Crippen molar-refractivity contribution in [3.8, 4) is 5.75 Å². The van der Waals surface area contributed by atoms with E-state index in [0.717, 1.165) is 0 Å². The van der Waals surface area contributed by atoms with E-state index in [9.17, 15) is 9.90 Å². The molecule has 0 atom stereocenters. The second kappa shape index (κ2) is 5.72. The fraction of sp³-hybridized carbons (Fsp3) is 0.125. The molecule has 3 nitrogen and oxygen atoms in total. The van der Waals surface area contributed by atoms with Gasteiger partial charge in [-0.25, -0.2) is 0 Å². The number of rotatable bonds is 2. The van der Waals surface area contributed by atoms with E-state index in [2.05, 4.69) is 0 Å². The average Bonchev–Trinajstić information content (AvgIpc) is 1.93. The summed E-state index contributed by atoms with van der Waals surface area (Å²) in [7, 11) is 0. The quantitative estimate of drug-likeness (QED) is 0.497. The number of hydrogen-bond acceptors (Lipinski definition) is 3. The first-order valence-corrected chi connectivity index (χ1v) is 3.17. The maximum Gasteiger partial charge on any atom is 1.00 e. The number of benzene rings is 1. The number of carbonyl (C=O) groups excluding carboxylic acids is 1. The van der Waals surface area contributed by atoms with Crippen molar-refractivity contribution in [2.45, 2.75) is 6.42 Å². The molecule has 0 aliphatic heterocycles. The van der Waals surface area contributed by atoms with E-state index in [1.807, 2.05) is 0 Å². The van der Waals surface area contributed by atoms with Crippen molar-refractivity contribution in [1.29, 1.82) is 0 Å². The van der Waals surface area contributed by atoms with Gasteiger partial charge in [0.1, 0.15) is 5.75 Å². The van der Waals surface area contributed by atoms with Gasteiger partial charge in [-0.05, 0) is 11.6 Å². The zero-order chi connectivity index (χ0) is 8.27. The first kappa shape index (κ1) is 12.1. The van der Waals surface area contributed by atoms with Gasteiger partial charge in [-0.1, -0.05) is 18.2 Å². The predicted octanol–water partition coefficient (Wildman–Crippen LogP) is -3.31. The first-order chi connectivity index (χ1) is 5.20. The zero-order valence-electron chi connectivity index (χ0n) is 6.78. The molecule has 0 fully saturated rings. The third-order valence-electron chi connectivity index (χ3n) is 1.33. The molecule has 0 aliphatic rings. The van der Waals surface area contributed by atoms with Crippen molar-refractivity contribution in [3.63, 3.8) is 0 Å². The zero-order valence-corrected chi connectivity index (χ0v) is 9.90. The van der Waals surface area contributed by atoms with Crippen LogP contribution < -0.4 is 56.5 Å². The van der Waals surface area contributed by atoms with Crippen molar-refractivity contribution >= 4 is 5.97 Å². The average molecular weight is 190 g/mol. The largest absolute Gasteiger partial charge is 1.00 e. The van der Waals surface area contributed by atoms with E-state index in [-0.39, 0.29) is 63.6 Å². The van der Waals surface area contributed by atoms with Crippen LogP contribution in [0.25, 0.3) is 0 Å². The van der Waals surface area contributed by atoms with Crippen LogP contribution in [0.1, 0.15) is 5.56 Å². The Labute approximate surface area is 113 Å². The minimum Gasteiger partial charge on any atom is -0.550 e. The standard InChI is InChI=1S/C8H8O3.K/c9-7-4-2-1-3-6(7)5-8(10)11;/h1-4,9H,5H2,(H,10,11);/q;+1/p-1. The van der Waals surface area contributed by atoms with E-state index >= 15 is 0 Å². The summed E-state index contributed by atoms with van der Waals surface area (Å²) >= 11 is 0. The number of carboxylic acid groups (broad SMARTS) is 1. The molecule has 1 N–H and O–H groups in total. The molecule has 0 radical (unpaired) electrons. The molecule has 1 aromatic carbocycles. The molecule has 12 heavy (non-hydrogen) atoms. The number of aromatic hydroxyl groups is 1. The second-order valence-corrected chi connectivity index (χ2v) is 2.18. The van der Waals surface area contributed by atoms with Crippen LogP contribution in [0, 0.1) is 0 Å². The van der Waals surface area contributed by atoms with Crippen molar-refractivity contribution in [2.75, 3.05) is 0 Å². The van der Waals surface area contributed by atoms with E-state index in [0.29, 0.717) is 5.56 Å². The van der Waals surface area contributed by atoms with Gasteiger partial charge in [-0.2, -0.15) is 0 Å². The van der Waals surface area contributed by atoms with Crippen molar-refractivity contribution < 1.29 is 66.4 Å². The van der Waals surface area contributed by atoms with Crippen LogP contribution in [0.15, 0.2) is 24.3 Å². The van der Waals surface area contributed by atoms with Gasteiger partial charge in [0.15, 0.2) is 0 Å². The molecular weight excluding hydrogens is 183 g/mol. The van der Waals surface area contributed by atoms with Gasteiger partial charge in [0.05, 0.1) is 0 Å². The van der Waals surface area contributed by atoms with Crippen LogP contribution in [0.3, 0.4) is 0 Å². The fourth-order valence-electron chi connectivity index (χ4n) is 0.816. The maximum absolute atomic E-state index is 10.1. The van der Waals surface area contributed by atoms with Crippen LogP contribution in [0.5, 0.6) is 5.75 Å². The molecule has 4 heteroatoms. The van der Waals surface area contributed by atoms with Gasteiger partial charge >= 0.3 is 51.4 Å². The summed E-state index contributed by atoms with van der Waals surface area (Å²) in [6.07, 6.45) is -0.243. The number of phenolic OH excluding ortho intramolecular Hbond substituents is 1. The number of hydrogen-bond donors (Lipinski definition) is 1. The first-order valence-electron chi connectivity index (χ1n) is 3.17. The molecule has 0 aliphatic carbocycles. The van der Waals surface area contributed by atoms with Crippen LogP contribution in [-0.2, 0) is 11.2 Å². The number of carboxylic acids is 1. The summed E-state index contributed by atoms with van der Waals surface area (Å²) in [5.41, 5.74) is 0.382. The minimum atomic E-state index is -1.19. The molecule has 0 bridgehead atoms. The Hall–Kier alpha value is 0.126. The number of phenols is 1. The van der Waals surface area contributed by atoms with Crippen LogP contribution >= 0.6 is 0 Å². The van der Waals surface area contributed by atoms with Gasteiger partial charge in [-0.3, -0.25) is 0 Å². The number of aliphatic carboxylic acids is 1. The molecule has 0 saturated carbocycles. The maximum atomic E-state index is 10.1. The monoisotopic (exact) mass is 190 g/mol.